The van der Waals surface area contributed by atoms with E-state index in [0.717, 1.165) is 0 Å². The summed E-state index contributed by atoms with van der Waals surface area (Å²) >= 11 is 0. The Morgan fingerprint density at radius 2 is 0.475 bits per heavy atom. The smallest absolute Gasteiger partial charge is 0.331 e. The third-order valence-electron chi connectivity index (χ3n) is 5.74. The average Bonchev–Trinajstić information content (AvgIpc) is 2.64. The first-order chi connectivity index (χ1) is 16.6. The molecule has 0 fully saturated rings. The van der Waals surface area contributed by atoms with Crippen LogP contribution >= 0.6 is 0 Å². The van der Waals surface area contributed by atoms with Gasteiger partial charge in [0.05, 0.1) is 19.3 Å². The number of carbonyl (C=O) groups is 6. The van der Waals surface area contributed by atoms with Gasteiger partial charge in [0.15, 0.2) is 0 Å². The summed E-state index contributed by atoms with van der Waals surface area (Å²) < 4.78 is 0. The molecule has 0 aliphatic rings. The van der Waals surface area contributed by atoms with E-state index in [4.69, 9.17) is 0 Å². The molecule has 0 aromatic heterocycles. The van der Waals surface area contributed by atoms with Gasteiger partial charge in [0.2, 0.25) is 0 Å². The summed E-state index contributed by atoms with van der Waals surface area (Å²) in [4.78, 5) is 68.7. The molecule has 0 aliphatic heterocycles. The SMILES string of the molecule is [CH2-]C(C)(C)C(=O)CC(=O)C(C)(C)C.[CH2-]C(C)(C)C(=O)CC(=O)C(C)(C)C.[CH2-]C(C)(C)C(=O)CC(=O)C(C)(C)C.[Sc+3]. The van der Waals surface area contributed by atoms with Gasteiger partial charge in [-0.3, -0.25) is 14.4 Å². The number of Topliss-reactive ketones (excluding diaryl/α,β-unsaturated/α-hetero) is 6. The zero-order valence-electron chi connectivity index (χ0n) is 28.3. The van der Waals surface area contributed by atoms with Crippen molar-refractivity contribution in [3.63, 3.8) is 0 Å². The normalized spacial score (nSPS) is 12.4. The Bertz CT molecular complexity index is 693. The molecule has 0 radical (unpaired) electrons. The first-order valence-electron chi connectivity index (χ1n) is 13.4. The van der Waals surface area contributed by atoms with Crippen molar-refractivity contribution in [3.8, 4) is 0 Å². The van der Waals surface area contributed by atoms with Gasteiger partial charge in [-0.2, -0.15) is 0 Å². The molecule has 0 spiro atoms. The maximum Gasteiger partial charge on any atom is 3.00 e. The van der Waals surface area contributed by atoms with Crippen LogP contribution in [0.1, 0.15) is 123 Å². The van der Waals surface area contributed by atoms with Crippen molar-refractivity contribution in [3.05, 3.63) is 20.8 Å². The number of hydrogen-bond acceptors (Lipinski definition) is 6. The fourth-order valence-electron chi connectivity index (χ4n) is 1.95. The summed E-state index contributed by atoms with van der Waals surface area (Å²) in [5.74, 6) is -0.329. The van der Waals surface area contributed by atoms with E-state index in [-0.39, 0.29) is 79.8 Å². The third kappa shape index (κ3) is 21.6. The Hall–Kier alpha value is -1.11. The van der Waals surface area contributed by atoms with Crippen LogP contribution in [0, 0.1) is 53.3 Å². The van der Waals surface area contributed by atoms with Crippen LogP contribution in [-0.2, 0) is 54.6 Å². The number of ketones is 6. The molecule has 228 valence electrons. The van der Waals surface area contributed by atoms with E-state index in [9.17, 15) is 28.8 Å². The van der Waals surface area contributed by atoms with Gasteiger partial charge in [-0.15, -0.1) is 16.2 Å². The predicted molar refractivity (Wildman–Crippen MR) is 160 cm³/mol. The zero-order valence-corrected chi connectivity index (χ0v) is 30.1. The molecule has 0 N–H and O–H groups in total. The van der Waals surface area contributed by atoms with Crippen LogP contribution in [0.3, 0.4) is 0 Å². The Kier molecular flexibility index (Phi) is 18.9. The molecule has 0 amide bonds. The quantitative estimate of drug-likeness (QED) is 0.206. The summed E-state index contributed by atoms with van der Waals surface area (Å²) in [7, 11) is 0. The maximum absolute atomic E-state index is 11.5. The standard InChI is InChI=1S/3C11H19O2.Sc/c3*1-10(2,3)8(12)7-9(13)11(4,5)6;/h3*1,7H2,2-6H3;/q3*-1;+3. The molecule has 7 heteroatoms. The van der Waals surface area contributed by atoms with Crippen LogP contribution in [0.25, 0.3) is 0 Å². The van der Waals surface area contributed by atoms with Gasteiger partial charge in [0.25, 0.3) is 0 Å². The van der Waals surface area contributed by atoms with E-state index in [2.05, 4.69) is 20.8 Å². The second kappa shape index (κ2) is 16.5. The summed E-state index contributed by atoms with van der Waals surface area (Å²) in [5.41, 5.74) is -3.24. The Morgan fingerprint density at radius 1 is 0.350 bits per heavy atom. The molecular weight excluding hydrogens is 537 g/mol. The first kappa shape index (κ1) is 45.9. The van der Waals surface area contributed by atoms with Gasteiger partial charge in [0.1, 0.15) is 34.7 Å². The van der Waals surface area contributed by atoms with Crippen LogP contribution in [0.4, 0.5) is 0 Å². The third-order valence-corrected chi connectivity index (χ3v) is 5.74. The second-order valence-corrected chi connectivity index (χ2v) is 15.5. The van der Waals surface area contributed by atoms with E-state index in [0.29, 0.717) is 0 Å². The number of rotatable bonds is 9. The zero-order chi connectivity index (χ0) is 32.6. The van der Waals surface area contributed by atoms with Crippen molar-refractivity contribution in [1.29, 1.82) is 0 Å². The van der Waals surface area contributed by atoms with Crippen LogP contribution in [0.5, 0.6) is 0 Å². The van der Waals surface area contributed by atoms with Gasteiger partial charge in [-0.1, -0.05) is 104 Å². The number of hydrogen-bond donors (Lipinski definition) is 0. The fraction of sp³-hybridized carbons (Fsp3) is 0.727. The molecular formula is C33H57O6Sc. The minimum atomic E-state index is -0.652. The average molecular weight is 595 g/mol. The summed E-state index contributed by atoms with van der Waals surface area (Å²) in [6, 6.07) is 0. The molecule has 40 heavy (non-hydrogen) atoms. The van der Waals surface area contributed by atoms with Crippen molar-refractivity contribution in [2.75, 3.05) is 0 Å². The van der Waals surface area contributed by atoms with Crippen molar-refractivity contribution in [2.45, 2.75) is 123 Å². The van der Waals surface area contributed by atoms with Crippen LogP contribution in [0.2, 0.25) is 0 Å². The Balaban J connectivity index is -0.000000240. The summed E-state index contributed by atoms with van der Waals surface area (Å²) in [5, 5.41) is 0. The molecule has 0 saturated heterocycles. The molecule has 0 heterocycles. The van der Waals surface area contributed by atoms with E-state index < -0.39 is 32.5 Å². The van der Waals surface area contributed by atoms with E-state index in [1.54, 1.807) is 41.5 Å². The first-order valence-corrected chi connectivity index (χ1v) is 13.4. The Morgan fingerprint density at radius 3 is 0.550 bits per heavy atom. The van der Waals surface area contributed by atoms with Crippen molar-refractivity contribution in [1.82, 2.24) is 0 Å². The van der Waals surface area contributed by atoms with E-state index in [1.165, 1.54) is 0 Å². The van der Waals surface area contributed by atoms with Gasteiger partial charge in [-0.25, -0.2) is 0 Å². The molecule has 0 bridgehead atoms. The molecule has 0 aromatic carbocycles. The van der Waals surface area contributed by atoms with Gasteiger partial charge in [-0.05, 0) is 0 Å². The monoisotopic (exact) mass is 594 g/mol. The minimum absolute atomic E-state index is 0. The molecule has 0 rings (SSSR count). The predicted octanol–water partition coefficient (Wildman–Crippen LogP) is 7.26. The van der Waals surface area contributed by atoms with Gasteiger partial charge >= 0.3 is 25.8 Å². The summed E-state index contributed by atoms with van der Waals surface area (Å²) in [6.45, 7) is 37.8. The fourth-order valence-corrected chi connectivity index (χ4v) is 1.95. The molecule has 0 atom stereocenters. The van der Waals surface area contributed by atoms with E-state index >= 15 is 0 Å². The van der Waals surface area contributed by atoms with Crippen LogP contribution in [-0.4, -0.2) is 34.7 Å². The second-order valence-electron chi connectivity index (χ2n) is 15.5. The largest absolute Gasteiger partial charge is 3.00 e. The van der Waals surface area contributed by atoms with Crippen LogP contribution < -0.4 is 0 Å². The molecule has 0 aromatic rings. The summed E-state index contributed by atoms with van der Waals surface area (Å²) in [6.07, 6.45) is -0.000000000000000666. The van der Waals surface area contributed by atoms with Crippen LogP contribution in [0.15, 0.2) is 0 Å². The van der Waals surface area contributed by atoms with Crippen molar-refractivity contribution < 1.29 is 54.6 Å². The molecule has 0 saturated carbocycles. The topological polar surface area (TPSA) is 102 Å². The van der Waals surface area contributed by atoms with Crippen molar-refractivity contribution >= 4 is 34.7 Å². The maximum atomic E-state index is 11.5. The van der Waals surface area contributed by atoms with Gasteiger partial charge in [0, 0.05) is 16.2 Å². The molecule has 0 unspecified atom stereocenters. The van der Waals surface area contributed by atoms with Crippen molar-refractivity contribution in [2.24, 2.45) is 32.5 Å². The Labute approximate surface area is 264 Å². The minimum Gasteiger partial charge on any atom is -0.331 e. The van der Waals surface area contributed by atoms with Gasteiger partial charge < -0.3 is 35.2 Å². The van der Waals surface area contributed by atoms with E-state index in [1.807, 2.05) is 62.3 Å². The number of carbonyl (C=O) groups excluding carboxylic acids is 6. The molecule has 0 aliphatic carbocycles. The molecule has 6 nitrogen and oxygen atoms in total.